The van der Waals surface area contributed by atoms with Gasteiger partial charge in [-0.2, -0.15) is 5.10 Å². The first kappa shape index (κ1) is 18.6. The summed E-state index contributed by atoms with van der Waals surface area (Å²) in [5, 5.41) is 6.01. The molecule has 0 spiro atoms. The number of ether oxygens (including phenoxy) is 1. The second-order valence-corrected chi connectivity index (χ2v) is 6.23. The number of aromatic nitrogens is 2. The van der Waals surface area contributed by atoms with E-state index in [2.05, 4.69) is 10.2 Å². The number of aryl methyl sites for hydroxylation is 1. The quantitative estimate of drug-likeness (QED) is 0.836. The smallest absolute Gasteiger partial charge is 0.274 e. The SMILES string of the molecule is CCc1ccccc1OCC(=O)N1CCN(C(=O)c2ccc(=O)[nH]n2)CC1. The fourth-order valence-corrected chi connectivity index (χ4v) is 2.95. The molecule has 1 saturated heterocycles. The number of nitrogens with one attached hydrogen (secondary N) is 1. The molecule has 2 heterocycles. The van der Waals surface area contributed by atoms with Crippen molar-refractivity contribution in [2.45, 2.75) is 13.3 Å². The fraction of sp³-hybridized carbons (Fsp3) is 0.368. The maximum atomic E-state index is 12.4. The van der Waals surface area contributed by atoms with Crippen LogP contribution in [0, 0.1) is 0 Å². The number of H-pyrrole nitrogens is 1. The predicted molar refractivity (Wildman–Crippen MR) is 98.7 cm³/mol. The van der Waals surface area contributed by atoms with E-state index >= 15 is 0 Å². The van der Waals surface area contributed by atoms with Crippen LogP contribution in [0.5, 0.6) is 5.75 Å². The molecule has 0 radical (unpaired) electrons. The van der Waals surface area contributed by atoms with Crippen molar-refractivity contribution in [2.75, 3.05) is 32.8 Å². The number of nitrogens with zero attached hydrogens (tertiary/aromatic N) is 3. The molecule has 0 unspecified atom stereocenters. The van der Waals surface area contributed by atoms with Gasteiger partial charge >= 0.3 is 0 Å². The molecule has 2 amide bonds. The summed E-state index contributed by atoms with van der Waals surface area (Å²) >= 11 is 0. The normalized spacial score (nSPS) is 14.1. The third-order valence-electron chi connectivity index (χ3n) is 4.52. The largest absolute Gasteiger partial charge is 0.483 e. The first-order chi connectivity index (χ1) is 13.1. The van der Waals surface area contributed by atoms with Gasteiger partial charge in [-0.05, 0) is 24.1 Å². The molecule has 1 aliphatic rings. The molecule has 0 atom stereocenters. The molecule has 1 aromatic carbocycles. The molecule has 27 heavy (non-hydrogen) atoms. The van der Waals surface area contributed by atoms with Gasteiger partial charge in [-0.1, -0.05) is 25.1 Å². The number of hydrogen-bond donors (Lipinski definition) is 1. The third kappa shape index (κ3) is 4.52. The standard InChI is InChI=1S/C19H22N4O4/c1-2-14-5-3-4-6-16(14)27-13-18(25)22-9-11-23(12-10-22)19(26)15-7-8-17(24)21-20-15/h3-8H,2,9-13H2,1H3,(H,21,24). The Morgan fingerprint density at radius 3 is 2.44 bits per heavy atom. The van der Waals surface area contributed by atoms with E-state index in [1.54, 1.807) is 9.80 Å². The molecule has 1 N–H and O–H groups in total. The average Bonchev–Trinajstić information content (AvgIpc) is 2.72. The van der Waals surface area contributed by atoms with Crippen LogP contribution in [0.15, 0.2) is 41.2 Å². The van der Waals surface area contributed by atoms with Crippen LogP contribution in [0.1, 0.15) is 23.0 Å². The van der Waals surface area contributed by atoms with Crippen molar-refractivity contribution in [1.29, 1.82) is 0 Å². The Balaban J connectivity index is 1.51. The van der Waals surface area contributed by atoms with E-state index in [0.29, 0.717) is 26.2 Å². The van der Waals surface area contributed by atoms with Crippen LogP contribution < -0.4 is 10.3 Å². The first-order valence-corrected chi connectivity index (χ1v) is 8.92. The van der Waals surface area contributed by atoms with E-state index in [1.807, 2.05) is 31.2 Å². The maximum absolute atomic E-state index is 12.4. The fourth-order valence-electron chi connectivity index (χ4n) is 2.95. The number of hydrogen-bond acceptors (Lipinski definition) is 5. The van der Waals surface area contributed by atoms with Crippen LogP contribution in [-0.4, -0.2) is 64.6 Å². The van der Waals surface area contributed by atoms with E-state index in [-0.39, 0.29) is 29.7 Å². The summed E-state index contributed by atoms with van der Waals surface area (Å²) in [5.41, 5.74) is 0.898. The zero-order valence-electron chi connectivity index (χ0n) is 15.2. The summed E-state index contributed by atoms with van der Waals surface area (Å²) in [4.78, 5) is 39.1. The van der Waals surface area contributed by atoms with Gasteiger partial charge in [0, 0.05) is 32.2 Å². The number of piperazine rings is 1. The molecule has 3 rings (SSSR count). The molecule has 1 aromatic heterocycles. The van der Waals surface area contributed by atoms with Crippen molar-refractivity contribution in [1.82, 2.24) is 20.0 Å². The summed E-state index contributed by atoms with van der Waals surface area (Å²) in [7, 11) is 0. The summed E-state index contributed by atoms with van der Waals surface area (Å²) < 4.78 is 5.68. The van der Waals surface area contributed by atoms with E-state index in [4.69, 9.17) is 4.74 Å². The molecule has 0 bridgehead atoms. The van der Waals surface area contributed by atoms with Crippen LogP contribution in [0.3, 0.4) is 0 Å². The van der Waals surface area contributed by atoms with Gasteiger partial charge < -0.3 is 14.5 Å². The van der Waals surface area contributed by atoms with Gasteiger partial charge in [0.05, 0.1) is 0 Å². The summed E-state index contributed by atoms with van der Waals surface area (Å²) in [6.45, 7) is 3.72. The second-order valence-electron chi connectivity index (χ2n) is 6.23. The number of rotatable bonds is 5. The highest BCUT2D eigenvalue weighted by atomic mass is 16.5. The average molecular weight is 370 g/mol. The lowest BCUT2D eigenvalue weighted by atomic mass is 10.1. The third-order valence-corrected chi connectivity index (χ3v) is 4.52. The van der Waals surface area contributed by atoms with Crippen LogP contribution in [0.2, 0.25) is 0 Å². The Labute approximate surface area is 156 Å². The monoisotopic (exact) mass is 370 g/mol. The van der Waals surface area contributed by atoms with Crippen LogP contribution in [0.4, 0.5) is 0 Å². The lowest BCUT2D eigenvalue weighted by molar-refractivity contribution is -0.134. The predicted octanol–water partition coefficient (Wildman–Crippen LogP) is 0.696. The van der Waals surface area contributed by atoms with Crippen molar-refractivity contribution in [3.05, 3.63) is 58.0 Å². The lowest BCUT2D eigenvalue weighted by Crippen LogP contribution is -2.51. The Morgan fingerprint density at radius 1 is 1.07 bits per heavy atom. The highest BCUT2D eigenvalue weighted by Gasteiger charge is 2.25. The van der Waals surface area contributed by atoms with E-state index in [0.717, 1.165) is 17.7 Å². The highest BCUT2D eigenvalue weighted by molar-refractivity contribution is 5.92. The highest BCUT2D eigenvalue weighted by Crippen LogP contribution is 2.18. The van der Waals surface area contributed by atoms with E-state index in [9.17, 15) is 14.4 Å². The minimum absolute atomic E-state index is 0.0214. The molecular formula is C19H22N4O4. The molecule has 2 aromatic rings. The van der Waals surface area contributed by atoms with E-state index < -0.39 is 0 Å². The Morgan fingerprint density at radius 2 is 1.78 bits per heavy atom. The Bertz CT molecular complexity index is 852. The summed E-state index contributed by atoms with van der Waals surface area (Å²) in [6, 6.07) is 10.3. The molecule has 142 valence electrons. The lowest BCUT2D eigenvalue weighted by Gasteiger charge is -2.34. The van der Waals surface area contributed by atoms with Crippen molar-refractivity contribution in [2.24, 2.45) is 0 Å². The topological polar surface area (TPSA) is 95.6 Å². The number of aromatic amines is 1. The van der Waals surface area contributed by atoms with E-state index in [1.165, 1.54) is 12.1 Å². The summed E-state index contributed by atoms with van der Waals surface area (Å²) in [6.07, 6.45) is 0.837. The van der Waals surface area contributed by atoms with Gasteiger partial charge in [-0.25, -0.2) is 5.10 Å². The molecule has 0 aliphatic carbocycles. The number of carbonyl (C=O) groups excluding carboxylic acids is 2. The number of amides is 2. The minimum Gasteiger partial charge on any atom is -0.483 e. The Kier molecular flexibility index (Phi) is 5.85. The van der Waals surface area contributed by atoms with Gasteiger partial charge in [-0.15, -0.1) is 0 Å². The molecule has 8 nitrogen and oxygen atoms in total. The van der Waals surface area contributed by atoms with Crippen molar-refractivity contribution in [3.8, 4) is 5.75 Å². The molecule has 8 heteroatoms. The summed E-state index contributed by atoms with van der Waals surface area (Å²) in [5.74, 6) is 0.368. The van der Waals surface area contributed by atoms with Crippen molar-refractivity contribution in [3.63, 3.8) is 0 Å². The van der Waals surface area contributed by atoms with Crippen molar-refractivity contribution < 1.29 is 14.3 Å². The van der Waals surface area contributed by atoms with Gasteiger partial charge in [0.25, 0.3) is 17.4 Å². The zero-order chi connectivity index (χ0) is 19.2. The van der Waals surface area contributed by atoms with Gasteiger partial charge in [0.15, 0.2) is 6.61 Å². The van der Waals surface area contributed by atoms with Crippen LogP contribution >= 0.6 is 0 Å². The second kappa shape index (κ2) is 8.48. The maximum Gasteiger partial charge on any atom is 0.274 e. The molecule has 1 aliphatic heterocycles. The number of carbonyl (C=O) groups is 2. The van der Waals surface area contributed by atoms with Gasteiger partial charge in [0.1, 0.15) is 11.4 Å². The zero-order valence-corrected chi connectivity index (χ0v) is 15.2. The molecule has 1 fully saturated rings. The number of benzene rings is 1. The van der Waals surface area contributed by atoms with Gasteiger partial charge in [0.2, 0.25) is 0 Å². The minimum atomic E-state index is -0.355. The first-order valence-electron chi connectivity index (χ1n) is 8.92. The van der Waals surface area contributed by atoms with Crippen LogP contribution in [0.25, 0.3) is 0 Å². The van der Waals surface area contributed by atoms with Gasteiger partial charge in [-0.3, -0.25) is 14.4 Å². The van der Waals surface area contributed by atoms with Crippen LogP contribution in [-0.2, 0) is 11.2 Å². The molecule has 0 saturated carbocycles. The molecular weight excluding hydrogens is 348 g/mol. The van der Waals surface area contributed by atoms with Crippen molar-refractivity contribution >= 4 is 11.8 Å². The Hall–Kier alpha value is -3.16. The number of para-hydroxylation sites is 1.